The van der Waals surface area contributed by atoms with Crippen LogP contribution in [-0.2, 0) is 9.59 Å². The molecule has 3 atom stereocenters. The highest BCUT2D eigenvalue weighted by molar-refractivity contribution is 6.40. The summed E-state index contributed by atoms with van der Waals surface area (Å²) in [6, 6.07) is 3.84. The molecule has 2 amide bonds. The van der Waals surface area contributed by atoms with Gasteiger partial charge < -0.3 is 5.32 Å². The van der Waals surface area contributed by atoms with Gasteiger partial charge in [-0.25, -0.2) is 0 Å². The second-order valence-corrected chi connectivity index (χ2v) is 6.14. The average molecular weight is 329 g/mol. The van der Waals surface area contributed by atoms with E-state index in [0.29, 0.717) is 15.7 Å². The van der Waals surface area contributed by atoms with E-state index < -0.39 is 12.1 Å². The maximum atomic E-state index is 12.8. The van der Waals surface area contributed by atoms with Crippen LogP contribution in [0.5, 0.6) is 0 Å². The average Bonchev–Trinajstić information content (AvgIpc) is 2.45. The van der Waals surface area contributed by atoms with Crippen molar-refractivity contribution >= 4 is 40.7 Å². The Labute approximate surface area is 134 Å². The summed E-state index contributed by atoms with van der Waals surface area (Å²) in [7, 11) is 0. The predicted molar refractivity (Wildman–Crippen MR) is 84.8 cm³/mol. The minimum Gasteiger partial charge on any atom is -0.342 e. The topological polar surface area (TPSA) is 49.4 Å². The van der Waals surface area contributed by atoms with Crippen LogP contribution in [0, 0.1) is 5.92 Å². The third kappa shape index (κ3) is 2.87. The fourth-order valence-corrected chi connectivity index (χ4v) is 3.02. The van der Waals surface area contributed by atoms with Gasteiger partial charge in [0.2, 0.25) is 5.91 Å². The standard InChI is InChI=1S/C15H18Cl2N2O2/c1-4-8(2)12-15(21)19(9(3)14(20)18-12)13-10(16)6-5-7-11(13)17/h5-9,12H,4H2,1-3H3,(H,18,20). The maximum absolute atomic E-state index is 12.8. The summed E-state index contributed by atoms with van der Waals surface area (Å²) in [6.07, 6.45) is 0.787. The highest BCUT2D eigenvalue weighted by atomic mass is 35.5. The van der Waals surface area contributed by atoms with Crippen LogP contribution < -0.4 is 10.2 Å². The van der Waals surface area contributed by atoms with Crippen molar-refractivity contribution in [3.63, 3.8) is 0 Å². The van der Waals surface area contributed by atoms with Crippen LogP contribution in [0.15, 0.2) is 18.2 Å². The predicted octanol–water partition coefficient (Wildman–Crippen LogP) is 3.26. The fraction of sp³-hybridized carbons (Fsp3) is 0.467. The summed E-state index contributed by atoms with van der Waals surface area (Å²) in [4.78, 5) is 26.4. The first-order valence-corrected chi connectivity index (χ1v) is 7.71. The highest BCUT2D eigenvalue weighted by Crippen LogP contribution is 2.36. The van der Waals surface area contributed by atoms with E-state index in [4.69, 9.17) is 23.2 Å². The quantitative estimate of drug-likeness (QED) is 0.925. The lowest BCUT2D eigenvalue weighted by atomic mass is 9.94. The second kappa shape index (κ2) is 6.24. The van der Waals surface area contributed by atoms with Crippen molar-refractivity contribution in [1.29, 1.82) is 0 Å². The number of piperazine rings is 1. The highest BCUT2D eigenvalue weighted by Gasteiger charge is 2.42. The van der Waals surface area contributed by atoms with Gasteiger partial charge in [0.05, 0.1) is 15.7 Å². The molecule has 1 N–H and O–H groups in total. The van der Waals surface area contributed by atoms with Crippen molar-refractivity contribution < 1.29 is 9.59 Å². The van der Waals surface area contributed by atoms with Gasteiger partial charge in [-0.05, 0) is 25.0 Å². The molecule has 1 aliphatic heterocycles. The number of rotatable bonds is 3. The Balaban J connectivity index is 2.49. The van der Waals surface area contributed by atoms with Crippen molar-refractivity contribution in [2.45, 2.75) is 39.3 Å². The number of carbonyl (C=O) groups is 2. The Morgan fingerprint density at radius 2 is 1.86 bits per heavy atom. The van der Waals surface area contributed by atoms with E-state index in [2.05, 4.69) is 5.32 Å². The van der Waals surface area contributed by atoms with E-state index in [1.807, 2.05) is 13.8 Å². The molecule has 2 rings (SSSR count). The molecule has 0 saturated carbocycles. The van der Waals surface area contributed by atoms with Crippen LogP contribution >= 0.6 is 23.2 Å². The number of halogens is 2. The van der Waals surface area contributed by atoms with Gasteiger partial charge in [0.25, 0.3) is 5.91 Å². The molecule has 1 saturated heterocycles. The van der Waals surface area contributed by atoms with Gasteiger partial charge in [0.1, 0.15) is 12.1 Å². The fourth-order valence-electron chi connectivity index (χ4n) is 2.44. The SMILES string of the molecule is CCC(C)C1NC(=O)C(C)N(c2c(Cl)cccc2Cl)C1=O. The van der Waals surface area contributed by atoms with Crippen molar-refractivity contribution in [1.82, 2.24) is 5.32 Å². The van der Waals surface area contributed by atoms with Gasteiger partial charge >= 0.3 is 0 Å². The van der Waals surface area contributed by atoms with Gasteiger partial charge in [-0.1, -0.05) is 49.5 Å². The molecule has 6 heteroatoms. The van der Waals surface area contributed by atoms with Crippen LogP contribution in [0.1, 0.15) is 27.2 Å². The number of hydrogen-bond donors (Lipinski definition) is 1. The normalized spacial score (nSPS) is 24.0. The molecule has 0 spiro atoms. The van der Waals surface area contributed by atoms with Crippen LogP contribution in [0.4, 0.5) is 5.69 Å². The Morgan fingerprint density at radius 1 is 1.29 bits per heavy atom. The van der Waals surface area contributed by atoms with Crippen LogP contribution in [0.3, 0.4) is 0 Å². The van der Waals surface area contributed by atoms with E-state index in [9.17, 15) is 9.59 Å². The Hall–Kier alpha value is -1.26. The van der Waals surface area contributed by atoms with Crippen LogP contribution in [0.25, 0.3) is 0 Å². The summed E-state index contributed by atoms with van der Waals surface area (Å²) < 4.78 is 0. The molecule has 0 aliphatic carbocycles. The van der Waals surface area contributed by atoms with Crippen LogP contribution in [-0.4, -0.2) is 23.9 Å². The first-order valence-electron chi connectivity index (χ1n) is 6.96. The van der Waals surface area contributed by atoms with Gasteiger partial charge in [-0.15, -0.1) is 0 Å². The molecule has 0 aromatic heterocycles. The van der Waals surface area contributed by atoms with Crippen molar-refractivity contribution in [2.75, 3.05) is 4.90 Å². The lowest BCUT2D eigenvalue weighted by Gasteiger charge is -2.39. The van der Waals surface area contributed by atoms with Gasteiger partial charge in [-0.3, -0.25) is 14.5 Å². The first-order chi connectivity index (χ1) is 9.88. The van der Waals surface area contributed by atoms with Crippen molar-refractivity contribution in [3.8, 4) is 0 Å². The second-order valence-electron chi connectivity index (χ2n) is 5.33. The summed E-state index contributed by atoms with van der Waals surface area (Å²) in [6.45, 7) is 5.58. The largest absolute Gasteiger partial charge is 0.342 e. The third-order valence-corrected chi connectivity index (χ3v) is 4.57. The Kier molecular flexibility index (Phi) is 4.79. The van der Waals surface area contributed by atoms with E-state index in [1.54, 1.807) is 25.1 Å². The van der Waals surface area contributed by atoms with Gasteiger partial charge in [-0.2, -0.15) is 0 Å². The minimum atomic E-state index is -0.643. The molecule has 4 nitrogen and oxygen atoms in total. The number of anilines is 1. The summed E-state index contributed by atoms with van der Waals surface area (Å²) in [5.74, 6) is -0.333. The Bertz CT molecular complexity index is 557. The van der Waals surface area contributed by atoms with Crippen molar-refractivity contribution in [2.24, 2.45) is 5.92 Å². The van der Waals surface area contributed by atoms with Gasteiger partial charge in [0, 0.05) is 0 Å². The number of carbonyl (C=O) groups excluding carboxylic acids is 2. The van der Waals surface area contributed by atoms with E-state index in [0.717, 1.165) is 6.42 Å². The molecule has 114 valence electrons. The Morgan fingerprint density at radius 3 is 2.38 bits per heavy atom. The lowest BCUT2D eigenvalue weighted by Crippen LogP contribution is -2.64. The number of amides is 2. The molecule has 1 aromatic carbocycles. The number of nitrogens with one attached hydrogen (secondary N) is 1. The maximum Gasteiger partial charge on any atom is 0.250 e. The molecule has 3 unspecified atom stereocenters. The lowest BCUT2D eigenvalue weighted by molar-refractivity contribution is -0.134. The molecule has 0 radical (unpaired) electrons. The number of benzene rings is 1. The van der Waals surface area contributed by atoms with Crippen molar-refractivity contribution in [3.05, 3.63) is 28.2 Å². The third-order valence-electron chi connectivity index (χ3n) is 3.96. The molecule has 0 bridgehead atoms. The zero-order valence-corrected chi connectivity index (χ0v) is 13.7. The number of hydrogen-bond acceptors (Lipinski definition) is 2. The molecule has 1 aromatic rings. The summed E-state index contributed by atoms with van der Waals surface area (Å²) >= 11 is 12.4. The molecule has 1 aliphatic rings. The molecule has 1 fully saturated rings. The number of para-hydroxylation sites is 1. The van der Waals surface area contributed by atoms with E-state index in [-0.39, 0.29) is 17.7 Å². The first kappa shape index (κ1) is 16.1. The molecular weight excluding hydrogens is 311 g/mol. The summed E-state index contributed by atoms with van der Waals surface area (Å²) in [5.41, 5.74) is 0.404. The molecule has 1 heterocycles. The zero-order chi connectivity index (χ0) is 15.7. The monoisotopic (exact) mass is 328 g/mol. The molecular formula is C15H18Cl2N2O2. The van der Waals surface area contributed by atoms with Crippen LogP contribution in [0.2, 0.25) is 10.0 Å². The smallest absolute Gasteiger partial charge is 0.250 e. The molecule has 21 heavy (non-hydrogen) atoms. The van der Waals surface area contributed by atoms with E-state index >= 15 is 0 Å². The number of nitrogens with zero attached hydrogens (tertiary/aromatic N) is 1. The van der Waals surface area contributed by atoms with Gasteiger partial charge in [0.15, 0.2) is 0 Å². The zero-order valence-electron chi connectivity index (χ0n) is 12.2. The minimum absolute atomic E-state index is 0.0395. The van der Waals surface area contributed by atoms with E-state index in [1.165, 1.54) is 4.90 Å². The summed E-state index contributed by atoms with van der Waals surface area (Å²) in [5, 5.41) is 3.51.